The first-order valence-corrected chi connectivity index (χ1v) is 12.7. The molecule has 0 saturated carbocycles. The Morgan fingerprint density at radius 2 is 2.10 bits per heavy atom. The van der Waals surface area contributed by atoms with Crippen LogP contribution in [-0.4, -0.2) is 50.5 Å². The fourth-order valence-electron chi connectivity index (χ4n) is 4.29. The smallest absolute Gasteiger partial charge is 0.236 e. The Labute approximate surface area is 190 Å². The maximum atomic E-state index is 13.2. The molecule has 3 aromatic heterocycles. The molecule has 0 aliphatic carbocycles. The van der Waals surface area contributed by atoms with Gasteiger partial charge in [-0.25, -0.2) is 0 Å². The van der Waals surface area contributed by atoms with Crippen LogP contribution in [0.15, 0.2) is 39.4 Å². The van der Waals surface area contributed by atoms with Gasteiger partial charge in [0.15, 0.2) is 5.16 Å². The van der Waals surface area contributed by atoms with E-state index < -0.39 is 0 Å². The van der Waals surface area contributed by atoms with E-state index in [-0.39, 0.29) is 11.2 Å². The lowest BCUT2D eigenvalue weighted by atomic mass is 10.1. The Kier molecular flexibility index (Phi) is 6.04. The van der Waals surface area contributed by atoms with E-state index in [0.29, 0.717) is 13.1 Å². The number of thiophene rings is 1. The molecule has 31 heavy (non-hydrogen) atoms. The second-order valence-corrected chi connectivity index (χ2v) is 10.4. The third-order valence-corrected chi connectivity index (χ3v) is 8.07. The van der Waals surface area contributed by atoms with E-state index in [1.807, 2.05) is 24.0 Å². The molecule has 5 rings (SSSR count). The summed E-state index contributed by atoms with van der Waals surface area (Å²) in [4.78, 5) is 18.9. The minimum atomic E-state index is -0.228. The summed E-state index contributed by atoms with van der Waals surface area (Å²) in [5, 5.41) is 11.7. The maximum Gasteiger partial charge on any atom is 0.236 e. The van der Waals surface area contributed by atoms with Crippen molar-refractivity contribution in [2.24, 2.45) is 0 Å². The largest absolute Gasteiger partial charge is 0.467 e. The highest BCUT2D eigenvalue weighted by molar-refractivity contribution is 8.00. The topological polar surface area (TPSA) is 67.4 Å². The van der Waals surface area contributed by atoms with E-state index in [1.165, 1.54) is 41.5 Å². The van der Waals surface area contributed by atoms with Crippen molar-refractivity contribution in [3.63, 3.8) is 0 Å². The molecule has 3 aromatic rings. The molecule has 0 spiro atoms. The van der Waals surface area contributed by atoms with Crippen molar-refractivity contribution in [3.8, 4) is 0 Å². The van der Waals surface area contributed by atoms with E-state index in [2.05, 4.69) is 31.1 Å². The standard InChI is InChI=1S/C22H27N5O2S2/c1-16(20(28)26-11-7-19-17(14-26)8-13-30-19)31-22-24-23-21(25-9-3-2-4-10-25)27(22)15-18-6-5-12-29-18/h5-6,8,12-13,16H,2-4,7,9-11,14-15H2,1H3. The summed E-state index contributed by atoms with van der Waals surface area (Å²) in [5.74, 6) is 1.90. The van der Waals surface area contributed by atoms with Crippen molar-refractivity contribution in [2.45, 2.75) is 56.1 Å². The predicted molar refractivity (Wildman–Crippen MR) is 123 cm³/mol. The Bertz CT molecular complexity index is 1020. The molecule has 0 N–H and O–H groups in total. The van der Waals surface area contributed by atoms with Gasteiger partial charge >= 0.3 is 0 Å². The third-order valence-electron chi connectivity index (χ3n) is 5.98. The van der Waals surface area contributed by atoms with E-state index in [4.69, 9.17) is 4.42 Å². The minimum Gasteiger partial charge on any atom is -0.467 e. The SMILES string of the molecule is CC(Sc1nnc(N2CCCCC2)n1Cc1ccco1)C(=O)N1CCc2sccc2C1. The average molecular weight is 458 g/mol. The molecule has 0 aromatic carbocycles. The number of carbonyl (C=O) groups excluding carboxylic acids is 1. The van der Waals surface area contributed by atoms with E-state index >= 15 is 0 Å². The fraction of sp³-hybridized carbons (Fsp3) is 0.500. The lowest BCUT2D eigenvalue weighted by Crippen LogP contribution is -2.39. The number of nitrogens with zero attached hydrogens (tertiary/aromatic N) is 5. The summed E-state index contributed by atoms with van der Waals surface area (Å²) in [6.45, 7) is 6.02. The van der Waals surface area contributed by atoms with Crippen LogP contribution in [0.5, 0.6) is 0 Å². The van der Waals surface area contributed by atoms with Gasteiger partial charge in [-0.05, 0) is 61.7 Å². The Morgan fingerprint density at radius 3 is 2.90 bits per heavy atom. The Balaban J connectivity index is 1.34. The number of amides is 1. The van der Waals surface area contributed by atoms with E-state index in [1.54, 1.807) is 17.6 Å². The van der Waals surface area contributed by atoms with Gasteiger partial charge in [-0.15, -0.1) is 21.5 Å². The summed E-state index contributed by atoms with van der Waals surface area (Å²) >= 11 is 3.29. The fourth-order valence-corrected chi connectivity index (χ4v) is 6.11. The van der Waals surface area contributed by atoms with Crippen LogP contribution < -0.4 is 4.90 Å². The predicted octanol–water partition coefficient (Wildman–Crippen LogP) is 4.04. The molecule has 1 atom stereocenters. The van der Waals surface area contributed by atoms with Gasteiger partial charge in [0.1, 0.15) is 5.76 Å². The summed E-state index contributed by atoms with van der Waals surface area (Å²) in [6, 6.07) is 6.01. The normalized spacial score (nSPS) is 17.6. The number of hydrogen-bond acceptors (Lipinski definition) is 7. The zero-order valence-corrected chi connectivity index (χ0v) is 19.3. The van der Waals surface area contributed by atoms with Gasteiger partial charge in [-0.2, -0.15) is 0 Å². The van der Waals surface area contributed by atoms with Gasteiger partial charge in [-0.3, -0.25) is 9.36 Å². The lowest BCUT2D eigenvalue weighted by Gasteiger charge is -2.29. The molecule has 1 amide bonds. The number of piperidine rings is 1. The maximum absolute atomic E-state index is 13.2. The van der Waals surface area contributed by atoms with Crippen molar-refractivity contribution in [1.29, 1.82) is 0 Å². The van der Waals surface area contributed by atoms with Crippen LogP contribution in [-0.2, 0) is 24.3 Å². The summed E-state index contributed by atoms with van der Waals surface area (Å²) in [7, 11) is 0. The van der Waals surface area contributed by atoms with Gasteiger partial charge in [0.05, 0.1) is 18.1 Å². The Morgan fingerprint density at radius 1 is 1.23 bits per heavy atom. The minimum absolute atomic E-state index is 0.161. The van der Waals surface area contributed by atoms with Gasteiger partial charge in [0, 0.05) is 31.1 Å². The summed E-state index contributed by atoms with van der Waals surface area (Å²) in [5.41, 5.74) is 1.29. The highest BCUT2D eigenvalue weighted by Gasteiger charge is 2.28. The molecule has 164 valence electrons. The van der Waals surface area contributed by atoms with Crippen LogP contribution in [0.4, 0.5) is 5.95 Å². The third kappa shape index (κ3) is 4.39. The highest BCUT2D eigenvalue weighted by Crippen LogP contribution is 2.31. The quantitative estimate of drug-likeness (QED) is 0.521. The van der Waals surface area contributed by atoms with Crippen molar-refractivity contribution in [1.82, 2.24) is 19.7 Å². The number of aromatic nitrogens is 3. The van der Waals surface area contributed by atoms with Crippen LogP contribution in [0.25, 0.3) is 0 Å². The Hall–Kier alpha value is -2.26. The monoisotopic (exact) mass is 457 g/mol. The molecule has 2 aliphatic rings. The molecule has 9 heteroatoms. The molecule has 0 radical (unpaired) electrons. The van der Waals surface area contributed by atoms with Gasteiger partial charge in [-0.1, -0.05) is 11.8 Å². The molecule has 1 fully saturated rings. The van der Waals surface area contributed by atoms with Gasteiger partial charge in [0.25, 0.3) is 0 Å². The molecular formula is C22H27N5O2S2. The zero-order valence-electron chi connectivity index (χ0n) is 17.7. The van der Waals surface area contributed by atoms with Crippen molar-refractivity contribution >= 4 is 35.0 Å². The molecule has 1 saturated heterocycles. The molecule has 1 unspecified atom stereocenters. The number of rotatable bonds is 6. The average Bonchev–Trinajstić information content (AvgIpc) is 3.55. The van der Waals surface area contributed by atoms with Crippen LogP contribution >= 0.6 is 23.1 Å². The second kappa shape index (κ2) is 9.08. The lowest BCUT2D eigenvalue weighted by molar-refractivity contribution is -0.131. The zero-order chi connectivity index (χ0) is 21.2. The van der Waals surface area contributed by atoms with Crippen LogP contribution in [0, 0.1) is 0 Å². The van der Waals surface area contributed by atoms with Crippen molar-refractivity contribution in [2.75, 3.05) is 24.5 Å². The van der Waals surface area contributed by atoms with Crippen LogP contribution in [0.2, 0.25) is 0 Å². The first-order valence-electron chi connectivity index (χ1n) is 10.9. The number of carbonyl (C=O) groups is 1. The number of fused-ring (bicyclic) bond motifs is 1. The molecular weight excluding hydrogens is 430 g/mol. The number of furan rings is 1. The molecule has 7 nitrogen and oxygen atoms in total. The van der Waals surface area contributed by atoms with Crippen LogP contribution in [0.3, 0.4) is 0 Å². The second-order valence-electron chi connectivity index (χ2n) is 8.13. The van der Waals surface area contributed by atoms with Gasteiger partial charge in [0.2, 0.25) is 11.9 Å². The van der Waals surface area contributed by atoms with Crippen molar-refractivity contribution in [3.05, 3.63) is 46.0 Å². The first kappa shape index (κ1) is 20.6. The van der Waals surface area contributed by atoms with Crippen molar-refractivity contribution < 1.29 is 9.21 Å². The van der Waals surface area contributed by atoms with Gasteiger partial charge < -0.3 is 14.2 Å². The number of hydrogen-bond donors (Lipinski definition) is 0. The summed E-state index contributed by atoms with van der Waals surface area (Å²) < 4.78 is 7.70. The highest BCUT2D eigenvalue weighted by atomic mass is 32.2. The molecule has 0 bridgehead atoms. The first-order chi connectivity index (χ1) is 15.2. The molecule has 2 aliphatic heterocycles. The van der Waals surface area contributed by atoms with E-state index in [0.717, 1.165) is 42.9 Å². The summed E-state index contributed by atoms with van der Waals surface area (Å²) in [6.07, 6.45) is 6.24. The van der Waals surface area contributed by atoms with E-state index in [9.17, 15) is 4.79 Å². The number of anilines is 1. The number of thioether (sulfide) groups is 1. The van der Waals surface area contributed by atoms with Crippen LogP contribution in [0.1, 0.15) is 42.4 Å². The molecule has 5 heterocycles.